The summed E-state index contributed by atoms with van der Waals surface area (Å²) in [6, 6.07) is 6.66. The Bertz CT molecular complexity index is 534. The van der Waals surface area contributed by atoms with Gasteiger partial charge in [-0.3, -0.25) is 9.80 Å². The van der Waals surface area contributed by atoms with Crippen molar-refractivity contribution in [3.63, 3.8) is 0 Å². The first-order valence-corrected chi connectivity index (χ1v) is 7.89. The molecule has 0 aromatic carbocycles. The van der Waals surface area contributed by atoms with Crippen molar-refractivity contribution in [1.29, 1.82) is 0 Å². The highest BCUT2D eigenvalue weighted by Crippen LogP contribution is 2.12. The van der Waals surface area contributed by atoms with E-state index in [-0.39, 0.29) is 0 Å². The van der Waals surface area contributed by atoms with Gasteiger partial charge in [-0.15, -0.1) is 0 Å². The van der Waals surface area contributed by atoms with E-state index in [1.807, 2.05) is 12.1 Å². The fourth-order valence-electron chi connectivity index (χ4n) is 3.15. The predicted octanol–water partition coefficient (Wildman–Crippen LogP) is 1.19. The summed E-state index contributed by atoms with van der Waals surface area (Å²) in [6.45, 7) is 8.36. The van der Waals surface area contributed by atoms with Crippen LogP contribution in [0.15, 0.2) is 30.6 Å². The third kappa shape index (κ3) is 3.26. The highest BCUT2D eigenvalue weighted by Gasteiger charge is 2.22. The minimum absolute atomic E-state index is 0.544. The molecule has 1 aliphatic rings. The number of piperazine rings is 1. The van der Waals surface area contributed by atoms with Crippen LogP contribution in [0.2, 0.25) is 0 Å². The number of imidazole rings is 1. The van der Waals surface area contributed by atoms with Crippen molar-refractivity contribution in [2.45, 2.75) is 25.9 Å². The van der Waals surface area contributed by atoms with Crippen LogP contribution in [0.1, 0.15) is 19.0 Å². The van der Waals surface area contributed by atoms with E-state index in [1.165, 1.54) is 0 Å². The minimum atomic E-state index is 0.544. The zero-order valence-electron chi connectivity index (χ0n) is 12.8. The number of hydrogen-bond acceptors (Lipinski definition) is 4. The molecule has 0 spiro atoms. The van der Waals surface area contributed by atoms with E-state index >= 15 is 0 Å². The molecule has 1 fully saturated rings. The summed E-state index contributed by atoms with van der Waals surface area (Å²) in [5.41, 5.74) is 8.03. The highest BCUT2D eigenvalue weighted by molar-refractivity contribution is 5.39. The van der Waals surface area contributed by atoms with E-state index in [2.05, 4.69) is 44.6 Å². The average Bonchev–Trinajstić information content (AvgIpc) is 2.92. The van der Waals surface area contributed by atoms with Crippen molar-refractivity contribution < 1.29 is 0 Å². The van der Waals surface area contributed by atoms with Crippen LogP contribution in [-0.2, 0) is 6.54 Å². The molecule has 5 nitrogen and oxygen atoms in total. The van der Waals surface area contributed by atoms with Crippen molar-refractivity contribution in [2.75, 3.05) is 32.7 Å². The molecule has 114 valence electrons. The lowest BCUT2D eigenvalue weighted by Crippen LogP contribution is -2.51. The van der Waals surface area contributed by atoms with Crippen molar-refractivity contribution in [3.8, 4) is 0 Å². The summed E-state index contributed by atoms with van der Waals surface area (Å²) in [7, 11) is 0. The lowest BCUT2D eigenvalue weighted by Gasteiger charge is -2.38. The molecule has 0 aliphatic carbocycles. The Kier molecular flexibility index (Phi) is 4.53. The molecule has 0 radical (unpaired) electrons. The third-order valence-corrected chi connectivity index (χ3v) is 4.47. The Morgan fingerprint density at radius 1 is 1.24 bits per heavy atom. The van der Waals surface area contributed by atoms with Crippen LogP contribution >= 0.6 is 0 Å². The lowest BCUT2D eigenvalue weighted by molar-refractivity contribution is 0.0920. The van der Waals surface area contributed by atoms with Gasteiger partial charge < -0.3 is 10.1 Å². The largest absolute Gasteiger partial charge is 0.329 e. The fraction of sp³-hybridized carbons (Fsp3) is 0.562. The zero-order chi connectivity index (χ0) is 14.7. The molecule has 2 aromatic rings. The van der Waals surface area contributed by atoms with Gasteiger partial charge in [0.25, 0.3) is 0 Å². The van der Waals surface area contributed by atoms with Gasteiger partial charge in [-0.05, 0) is 18.6 Å². The maximum absolute atomic E-state index is 5.85. The average molecular weight is 287 g/mol. The number of rotatable bonds is 5. The number of fused-ring (bicyclic) bond motifs is 1. The second kappa shape index (κ2) is 6.56. The van der Waals surface area contributed by atoms with E-state index in [1.54, 1.807) is 0 Å². The number of aromatic nitrogens is 2. The molecule has 1 saturated heterocycles. The van der Waals surface area contributed by atoms with E-state index in [9.17, 15) is 0 Å². The van der Waals surface area contributed by atoms with Gasteiger partial charge >= 0.3 is 0 Å². The molecule has 21 heavy (non-hydrogen) atoms. The second-order valence-electron chi connectivity index (χ2n) is 5.81. The van der Waals surface area contributed by atoms with Crippen LogP contribution < -0.4 is 5.73 Å². The molecule has 3 rings (SSSR count). The summed E-state index contributed by atoms with van der Waals surface area (Å²) in [6.07, 6.45) is 5.33. The smallest absolute Gasteiger partial charge is 0.137 e. The molecular formula is C16H25N5. The van der Waals surface area contributed by atoms with Crippen molar-refractivity contribution in [1.82, 2.24) is 19.2 Å². The topological polar surface area (TPSA) is 49.8 Å². The molecule has 0 amide bonds. The van der Waals surface area contributed by atoms with E-state index in [4.69, 9.17) is 5.73 Å². The predicted molar refractivity (Wildman–Crippen MR) is 85.2 cm³/mol. The zero-order valence-corrected chi connectivity index (χ0v) is 12.8. The SMILES string of the molecule is CCC(CN)N1CCN(Cc2cn3ccccc3n2)CC1. The van der Waals surface area contributed by atoms with Gasteiger partial charge in [0.05, 0.1) is 5.69 Å². The molecule has 1 unspecified atom stereocenters. The van der Waals surface area contributed by atoms with Gasteiger partial charge in [0.2, 0.25) is 0 Å². The number of pyridine rings is 1. The van der Waals surface area contributed by atoms with Gasteiger partial charge in [-0.2, -0.15) is 0 Å². The van der Waals surface area contributed by atoms with Gasteiger partial charge in [-0.1, -0.05) is 13.0 Å². The lowest BCUT2D eigenvalue weighted by atomic mass is 10.1. The number of hydrogen-bond donors (Lipinski definition) is 1. The molecule has 3 heterocycles. The molecule has 1 atom stereocenters. The Labute approximate surface area is 126 Å². The van der Waals surface area contributed by atoms with E-state index in [0.717, 1.165) is 57.0 Å². The number of nitrogens with two attached hydrogens (primary N) is 1. The quantitative estimate of drug-likeness (QED) is 0.897. The minimum Gasteiger partial charge on any atom is -0.329 e. The molecule has 2 N–H and O–H groups in total. The summed E-state index contributed by atoms with van der Waals surface area (Å²) in [5.74, 6) is 0. The van der Waals surface area contributed by atoms with Gasteiger partial charge in [-0.25, -0.2) is 4.98 Å². The molecule has 5 heteroatoms. The van der Waals surface area contributed by atoms with Crippen LogP contribution in [0.3, 0.4) is 0 Å². The fourth-order valence-corrected chi connectivity index (χ4v) is 3.15. The van der Waals surface area contributed by atoms with Crippen molar-refractivity contribution in [2.24, 2.45) is 5.73 Å². The Morgan fingerprint density at radius 2 is 2.05 bits per heavy atom. The van der Waals surface area contributed by atoms with Gasteiger partial charge in [0.1, 0.15) is 5.65 Å². The Balaban J connectivity index is 1.57. The normalized spacial score (nSPS) is 19.1. The molecular weight excluding hydrogens is 262 g/mol. The summed E-state index contributed by atoms with van der Waals surface area (Å²) < 4.78 is 2.09. The van der Waals surface area contributed by atoms with Crippen LogP contribution in [0, 0.1) is 0 Å². The van der Waals surface area contributed by atoms with E-state index in [0.29, 0.717) is 6.04 Å². The van der Waals surface area contributed by atoms with Crippen LogP contribution in [0.25, 0.3) is 5.65 Å². The molecule has 0 saturated carbocycles. The first kappa shape index (κ1) is 14.5. The highest BCUT2D eigenvalue weighted by atomic mass is 15.3. The van der Waals surface area contributed by atoms with Gasteiger partial charge in [0, 0.05) is 57.7 Å². The Hall–Kier alpha value is -1.43. The van der Waals surface area contributed by atoms with Crippen molar-refractivity contribution in [3.05, 3.63) is 36.3 Å². The van der Waals surface area contributed by atoms with Crippen LogP contribution in [-0.4, -0.2) is 58.0 Å². The summed E-state index contributed by atoms with van der Waals surface area (Å²) in [4.78, 5) is 9.70. The third-order valence-electron chi connectivity index (χ3n) is 4.47. The van der Waals surface area contributed by atoms with Crippen LogP contribution in [0.5, 0.6) is 0 Å². The second-order valence-corrected chi connectivity index (χ2v) is 5.81. The molecule has 1 aliphatic heterocycles. The maximum atomic E-state index is 5.85. The number of nitrogens with zero attached hydrogens (tertiary/aromatic N) is 4. The maximum Gasteiger partial charge on any atom is 0.137 e. The van der Waals surface area contributed by atoms with Crippen molar-refractivity contribution >= 4 is 5.65 Å². The molecule has 0 bridgehead atoms. The monoisotopic (exact) mass is 287 g/mol. The molecule has 2 aromatic heterocycles. The standard InChI is InChI=1S/C16H25N5/c1-2-15(11-17)20-9-7-19(8-10-20)12-14-13-21-6-4-3-5-16(21)18-14/h3-6,13,15H,2,7-12,17H2,1H3. The first-order chi connectivity index (χ1) is 10.3. The van der Waals surface area contributed by atoms with Gasteiger partial charge in [0.15, 0.2) is 0 Å². The summed E-state index contributed by atoms with van der Waals surface area (Å²) >= 11 is 0. The first-order valence-electron chi connectivity index (χ1n) is 7.89. The van der Waals surface area contributed by atoms with E-state index < -0.39 is 0 Å². The van der Waals surface area contributed by atoms with Crippen LogP contribution in [0.4, 0.5) is 0 Å². The Morgan fingerprint density at radius 3 is 2.71 bits per heavy atom. The summed E-state index contributed by atoms with van der Waals surface area (Å²) in [5, 5.41) is 0.